The number of rotatable bonds is 0. The van der Waals surface area contributed by atoms with Gasteiger partial charge in [-0.1, -0.05) is 84.9 Å². The van der Waals surface area contributed by atoms with Gasteiger partial charge in [0.1, 0.15) is 0 Å². The summed E-state index contributed by atoms with van der Waals surface area (Å²) in [7, 11) is 0. The molecule has 0 radical (unpaired) electrons. The van der Waals surface area contributed by atoms with E-state index in [-0.39, 0.29) is 0 Å². The summed E-state index contributed by atoms with van der Waals surface area (Å²) < 4.78 is 0. The third-order valence-corrected chi connectivity index (χ3v) is 12.3. The minimum atomic E-state index is 0.988. The van der Waals surface area contributed by atoms with Crippen molar-refractivity contribution < 1.29 is 0 Å². The van der Waals surface area contributed by atoms with Gasteiger partial charge in [0.2, 0.25) is 0 Å². The molecule has 10 aliphatic heterocycles. The van der Waals surface area contributed by atoms with Crippen molar-refractivity contribution in [3.63, 3.8) is 0 Å². The van der Waals surface area contributed by atoms with Crippen molar-refractivity contribution in [2.24, 2.45) is 9.98 Å². The lowest BCUT2D eigenvalue weighted by molar-refractivity contribution is 1.32. The SMILES string of the molecule is Cc1cc2cc(C)c1N=Cc1ccccc1Nc1c(C)cc(cc1C)-c1ccccc1-c1cc(C)c(c(C)c1)Nc1ccccc1C=Nc1c(C)cc(cc1C)-c1ccccc1-2. The molecule has 0 aromatic heterocycles. The summed E-state index contributed by atoms with van der Waals surface area (Å²) in [5.41, 5.74) is 27.0. The number of hydrogen-bond acceptors (Lipinski definition) is 4. The van der Waals surface area contributed by atoms with Crippen LogP contribution in [0, 0.1) is 55.4 Å². The summed E-state index contributed by atoms with van der Waals surface area (Å²) in [6, 6.07) is 52.6. The Balaban J connectivity index is 1.20. The van der Waals surface area contributed by atoms with E-state index in [9.17, 15) is 0 Å². The molecule has 0 fully saturated rings. The highest BCUT2D eigenvalue weighted by Crippen LogP contribution is 2.41. The van der Waals surface area contributed by atoms with Gasteiger partial charge in [-0.25, -0.2) is 0 Å². The highest BCUT2D eigenvalue weighted by molar-refractivity contribution is 5.95. The number of aryl methyl sites for hydroxylation is 8. The van der Waals surface area contributed by atoms with E-state index in [1.54, 1.807) is 0 Å². The molecule has 0 saturated heterocycles. The fourth-order valence-electron chi connectivity index (χ4n) is 9.22. The first-order valence-electron chi connectivity index (χ1n) is 21.5. The Kier molecular flexibility index (Phi) is 10.8. The second-order valence-corrected chi connectivity index (χ2v) is 16.9. The van der Waals surface area contributed by atoms with E-state index in [2.05, 4.69) is 212 Å². The predicted octanol–water partition coefficient (Wildman–Crippen LogP) is 16.1. The van der Waals surface area contributed by atoms with Gasteiger partial charge in [-0.15, -0.1) is 0 Å². The highest BCUT2D eigenvalue weighted by Gasteiger charge is 2.17. The molecule has 0 saturated carbocycles. The third-order valence-electron chi connectivity index (χ3n) is 12.3. The van der Waals surface area contributed by atoms with Gasteiger partial charge in [0, 0.05) is 46.3 Å². The largest absolute Gasteiger partial charge is 0.355 e. The van der Waals surface area contributed by atoms with Crippen molar-refractivity contribution in [2.75, 3.05) is 10.6 Å². The average molecular weight is 805 g/mol. The van der Waals surface area contributed by atoms with E-state index in [0.29, 0.717) is 0 Å². The van der Waals surface area contributed by atoms with Gasteiger partial charge >= 0.3 is 0 Å². The molecule has 10 aliphatic rings. The van der Waals surface area contributed by atoms with E-state index in [0.717, 1.165) is 67.5 Å². The number of anilines is 4. The molecule has 0 amide bonds. The molecule has 0 atom stereocenters. The van der Waals surface area contributed by atoms with Crippen LogP contribution in [0.5, 0.6) is 0 Å². The summed E-state index contributed by atoms with van der Waals surface area (Å²) in [5, 5.41) is 7.61. The number of benzene rings is 8. The second-order valence-electron chi connectivity index (χ2n) is 16.9. The number of para-hydroxylation sites is 2. The molecule has 0 spiro atoms. The molecule has 10 heterocycles. The first-order valence-corrected chi connectivity index (χ1v) is 21.5. The highest BCUT2D eigenvalue weighted by atomic mass is 14.9. The Labute approximate surface area is 366 Å². The Morgan fingerprint density at radius 3 is 0.871 bits per heavy atom. The third kappa shape index (κ3) is 7.76. The molecule has 8 aromatic rings. The van der Waals surface area contributed by atoms with Crippen molar-refractivity contribution in [1.82, 2.24) is 0 Å². The second kappa shape index (κ2) is 16.6. The van der Waals surface area contributed by atoms with E-state index in [4.69, 9.17) is 9.98 Å². The van der Waals surface area contributed by atoms with Gasteiger partial charge in [-0.05, 0) is 205 Å². The van der Waals surface area contributed by atoms with Crippen LogP contribution in [-0.4, -0.2) is 12.4 Å². The monoisotopic (exact) mass is 804 g/mol. The lowest BCUT2D eigenvalue weighted by atomic mass is 9.90. The van der Waals surface area contributed by atoms with Gasteiger partial charge in [0.05, 0.1) is 11.4 Å². The fourth-order valence-corrected chi connectivity index (χ4v) is 9.22. The zero-order valence-electron chi connectivity index (χ0n) is 36.9. The minimum absolute atomic E-state index is 0.988. The summed E-state index contributed by atoms with van der Waals surface area (Å²) in [4.78, 5) is 10.3. The minimum Gasteiger partial charge on any atom is -0.355 e. The smallest absolute Gasteiger partial charge is 0.0688 e. The van der Waals surface area contributed by atoms with Crippen molar-refractivity contribution in [2.45, 2.75) is 55.4 Å². The molecule has 0 aliphatic carbocycles. The van der Waals surface area contributed by atoms with E-state index < -0.39 is 0 Å². The molecular weight excluding hydrogens is 753 g/mol. The number of nitrogens with one attached hydrogen (secondary N) is 2. The zero-order valence-corrected chi connectivity index (χ0v) is 36.9. The van der Waals surface area contributed by atoms with Crippen LogP contribution in [-0.2, 0) is 0 Å². The quantitative estimate of drug-likeness (QED) is 0.160. The van der Waals surface area contributed by atoms with Crippen LogP contribution in [0.15, 0.2) is 156 Å². The normalized spacial score (nSPS) is 12.0. The molecular formula is C58H52N4. The standard InChI is InChI=1S/C58H52N4/c1-35-25-45-26-36(2)55(35)59-33-43-17-9-15-23-53(43)61-57-39(5)29-47(30-40(57)6)51-21-13-14-22-52(51)48-31-41(7)58(42(8)32-48)62-54-24-16-10-18-44(54)34-60-56-37(3)27-46(28-38(56)4)50-20-12-11-19-49(45)50/h9-34,61-62H,1-8H3. The molecule has 0 unspecified atom stereocenters. The Morgan fingerprint density at radius 2 is 0.565 bits per heavy atom. The van der Waals surface area contributed by atoms with Crippen LogP contribution >= 0.6 is 0 Å². The predicted molar refractivity (Wildman–Crippen MR) is 266 cm³/mol. The Bertz CT molecular complexity index is 2810. The van der Waals surface area contributed by atoms with Gasteiger partial charge in [0.25, 0.3) is 0 Å². The van der Waals surface area contributed by atoms with Gasteiger partial charge in [0.15, 0.2) is 0 Å². The molecule has 4 heteroatoms. The molecule has 2 N–H and O–H groups in total. The van der Waals surface area contributed by atoms with Gasteiger partial charge in [-0.3, -0.25) is 9.98 Å². The lowest BCUT2D eigenvalue weighted by Crippen LogP contribution is -2.01. The van der Waals surface area contributed by atoms with Crippen LogP contribution < -0.4 is 10.6 Å². The Hall–Kier alpha value is -7.30. The van der Waals surface area contributed by atoms with Crippen molar-refractivity contribution >= 4 is 46.6 Å². The number of hydrogen-bond donors (Lipinski definition) is 2. The number of aliphatic imine (C=N–C) groups is 2. The average Bonchev–Trinajstić information content (AvgIpc) is 3.26. The van der Waals surface area contributed by atoms with Crippen LogP contribution in [0.3, 0.4) is 0 Å². The maximum absolute atomic E-state index is 5.14. The maximum Gasteiger partial charge on any atom is 0.0688 e. The van der Waals surface area contributed by atoms with E-state index >= 15 is 0 Å². The molecule has 304 valence electrons. The lowest BCUT2D eigenvalue weighted by Gasteiger charge is -2.19. The van der Waals surface area contributed by atoms with Gasteiger partial charge < -0.3 is 10.6 Å². The van der Waals surface area contributed by atoms with Crippen molar-refractivity contribution in [1.29, 1.82) is 0 Å². The van der Waals surface area contributed by atoms with Crippen LogP contribution in [0.25, 0.3) is 44.5 Å². The van der Waals surface area contributed by atoms with Crippen LogP contribution in [0.4, 0.5) is 34.1 Å². The summed E-state index contributed by atoms with van der Waals surface area (Å²) in [6.45, 7) is 17.4. The van der Waals surface area contributed by atoms with Gasteiger partial charge in [-0.2, -0.15) is 0 Å². The molecule has 4 nitrogen and oxygen atoms in total. The fraction of sp³-hybridized carbons (Fsp3) is 0.138. The number of nitrogens with zero attached hydrogens (tertiary/aromatic N) is 2. The van der Waals surface area contributed by atoms with Crippen molar-refractivity contribution in [3.8, 4) is 44.5 Å². The topological polar surface area (TPSA) is 48.8 Å². The molecule has 62 heavy (non-hydrogen) atoms. The zero-order chi connectivity index (χ0) is 43.1. The first-order chi connectivity index (χ1) is 30.0. The molecule has 18 rings (SSSR count). The molecule has 8 bridgehead atoms. The van der Waals surface area contributed by atoms with Crippen LogP contribution in [0.1, 0.15) is 55.6 Å². The van der Waals surface area contributed by atoms with E-state index in [1.807, 2.05) is 12.4 Å². The maximum atomic E-state index is 5.14. The first kappa shape index (κ1) is 40.1. The summed E-state index contributed by atoms with van der Waals surface area (Å²) in [6.07, 6.45) is 4.00. The van der Waals surface area contributed by atoms with Crippen LogP contribution in [0.2, 0.25) is 0 Å². The summed E-state index contributed by atoms with van der Waals surface area (Å²) >= 11 is 0. The van der Waals surface area contributed by atoms with Crippen molar-refractivity contribution in [3.05, 3.63) is 201 Å². The Morgan fingerprint density at radius 1 is 0.306 bits per heavy atom. The summed E-state index contributed by atoms with van der Waals surface area (Å²) in [5.74, 6) is 0. The van der Waals surface area contributed by atoms with E-state index in [1.165, 1.54) is 66.8 Å². The molecule has 8 aromatic carbocycles.